The Labute approximate surface area is 390 Å². The molecule has 4 heterocycles. The summed E-state index contributed by atoms with van der Waals surface area (Å²) in [4.78, 5) is 45.7. The average molecular weight is 950 g/mol. The van der Waals surface area contributed by atoms with Crippen molar-refractivity contribution >= 4 is 80.2 Å². The molecule has 6 aromatic rings. The van der Waals surface area contributed by atoms with Gasteiger partial charge in [-0.3, -0.25) is 0 Å². The summed E-state index contributed by atoms with van der Waals surface area (Å²) in [5, 5.41) is 6.02. The minimum absolute atomic E-state index is 0.0144. The summed E-state index contributed by atoms with van der Waals surface area (Å²) in [6.45, 7) is 13.5. The van der Waals surface area contributed by atoms with Crippen molar-refractivity contribution in [3.05, 3.63) is 118 Å². The summed E-state index contributed by atoms with van der Waals surface area (Å²) in [5.74, 6) is -2.46. The Kier molecular flexibility index (Phi) is 14.4. The van der Waals surface area contributed by atoms with E-state index in [1.54, 1.807) is 9.80 Å². The van der Waals surface area contributed by atoms with Gasteiger partial charge in [0.1, 0.15) is 57.2 Å². The van der Waals surface area contributed by atoms with Crippen LogP contribution >= 0.6 is 23.2 Å². The highest BCUT2D eigenvalue weighted by atomic mass is 35.5. The second-order valence-corrected chi connectivity index (χ2v) is 19.0. The molecule has 348 valence electrons. The van der Waals surface area contributed by atoms with Crippen molar-refractivity contribution in [3.8, 4) is 0 Å². The van der Waals surface area contributed by atoms with Gasteiger partial charge in [0.05, 0.1) is 22.4 Å². The Morgan fingerprint density at radius 2 is 1.00 bits per heavy atom. The van der Waals surface area contributed by atoms with Gasteiger partial charge in [-0.25, -0.2) is 47.1 Å². The summed E-state index contributed by atoms with van der Waals surface area (Å²) < 4.78 is 67.0. The number of aromatic nitrogens is 4. The van der Waals surface area contributed by atoms with E-state index in [1.807, 2.05) is 77.9 Å². The van der Waals surface area contributed by atoms with Gasteiger partial charge in [0.2, 0.25) is 0 Å². The first-order valence-electron chi connectivity index (χ1n) is 21.5. The molecule has 0 bridgehead atoms. The summed E-state index contributed by atoms with van der Waals surface area (Å²) in [6.07, 6.45) is 5.67. The number of carbonyl (C=O) groups excluding carboxylic acids is 2. The number of likely N-dealkylation sites (tertiary alicyclic amines) is 2. The molecule has 8 rings (SSSR count). The second kappa shape index (κ2) is 19.8. The normalized spacial score (nSPS) is 16.7. The van der Waals surface area contributed by atoms with Crippen LogP contribution in [-0.4, -0.2) is 79.3 Å². The first-order valence-corrected chi connectivity index (χ1v) is 22.3. The third kappa shape index (κ3) is 11.5. The molecule has 1 unspecified atom stereocenters. The zero-order valence-electron chi connectivity index (χ0n) is 37.3. The van der Waals surface area contributed by atoms with Crippen LogP contribution in [-0.2, 0) is 9.47 Å². The Bertz CT molecular complexity index is 2580. The standard InChI is InChI=1S/2C24H25ClF2N4O2/c2*1-24(2,3)33-23(32)31-10-4-5-15(12-31)14-6-8-18-16(11-14)22(29-13-28-18)30-19-9-7-17(26)20(25)21(19)27/h2*6-9,11,13,15H,4-5,10,12H2,1-3H3,(H,28,29,30)/t15-;/m1./s1. The Hall–Kier alpha value is -6.00. The van der Waals surface area contributed by atoms with Crippen molar-refractivity contribution in [1.29, 1.82) is 0 Å². The molecule has 2 saturated heterocycles. The number of hydrogen-bond acceptors (Lipinski definition) is 10. The number of carbonyl (C=O) groups is 2. The van der Waals surface area contributed by atoms with Crippen LogP contribution in [0.25, 0.3) is 21.8 Å². The van der Waals surface area contributed by atoms with Gasteiger partial charge >= 0.3 is 12.2 Å². The van der Waals surface area contributed by atoms with Crippen molar-refractivity contribution in [3.63, 3.8) is 0 Å². The maximum Gasteiger partial charge on any atom is 0.410 e. The zero-order valence-corrected chi connectivity index (χ0v) is 38.8. The van der Waals surface area contributed by atoms with E-state index in [-0.39, 0.29) is 35.4 Å². The largest absolute Gasteiger partial charge is 0.444 e. The molecule has 2 aliphatic heterocycles. The Balaban J connectivity index is 0.000000196. The van der Waals surface area contributed by atoms with Crippen molar-refractivity contribution in [2.75, 3.05) is 36.8 Å². The lowest BCUT2D eigenvalue weighted by Crippen LogP contribution is -2.42. The molecule has 0 saturated carbocycles. The van der Waals surface area contributed by atoms with Gasteiger partial charge in [-0.05, 0) is 127 Å². The van der Waals surface area contributed by atoms with Crippen LogP contribution in [0.3, 0.4) is 0 Å². The number of fused-ring (bicyclic) bond motifs is 2. The van der Waals surface area contributed by atoms with Crippen LogP contribution in [0.4, 0.5) is 50.2 Å². The molecule has 2 atom stereocenters. The monoisotopic (exact) mass is 948 g/mol. The number of rotatable bonds is 6. The minimum atomic E-state index is -0.889. The number of piperidine rings is 2. The summed E-state index contributed by atoms with van der Waals surface area (Å²) in [7, 11) is 0. The Morgan fingerprint density at radius 1 is 0.606 bits per heavy atom. The van der Waals surface area contributed by atoms with Crippen LogP contribution < -0.4 is 10.6 Å². The van der Waals surface area contributed by atoms with Gasteiger partial charge in [-0.2, -0.15) is 0 Å². The fourth-order valence-corrected chi connectivity index (χ4v) is 8.17. The fourth-order valence-electron chi connectivity index (χ4n) is 7.84. The van der Waals surface area contributed by atoms with Crippen LogP contribution in [0.1, 0.15) is 90.2 Å². The number of benzene rings is 4. The average Bonchev–Trinajstić information content (AvgIpc) is 3.28. The highest BCUT2D eigenvalue weighted by Crippen LogP contribution is 2.36. The van der Waals surface area contributed by atoms with Crippen molar-refractivity contribution in [1.82, 2.24) is 29.7 Å². The minimum Gasteiger partial charge on any atom is -0.444 e. The van der Waals surface area contributed by atoms with Crippen molar-refractivity contribution in [2.45, 2.75) is 90.3 Å². The van der Waals surface area contributed by atoms with Gasteiger partial charge in [-0.15, -0.1) is 0 Å². The topological polar surface area (TPSA) is 135 Å². The lowest BCUT2D eigenvalue weighted by atomic mass is 9.90. The number of nitrogens with zero attached hydrogens (tertiary/aromatic N) is 6. The van der Waals surface area contributed by atoms with Crippen molar-refractivity contribution in [2.24, 2.45) is 0 Å². The number of hydrogen-bond donors (Lipinski definition) is 2. The number of halogens is 6. The molecular formula is C48H50Cl2F4N8O4. The molecule has 0 spiro atoms. The molecule has 0 aliphatic carbocycles. The van der Waals surface area contributed by atoms with Crippen LogP contribution in [0.5, 0.6) is 0 Å². The van der Waals surface area contributed by atoms with Crippen molar-refractivity contribution < 1.29 is 36.6 Å². The lowest BCUT2D eigenvalue weighted by Gasteiger charge is -2.34. The maximum absolute atomic E-state index is 14.4. The van der Waals surface area contributed by atoms with E-state index in [1.165, 1.54) is 24.8 Å². The number of ether oxygens (including phenoxy) is 2. The predicted octanol–water partition coefficient (Wildman–Crippen LogP) is 12.8. The number of nitrogens with one attached hydrogen (secondary N) is 2. The molecule has 2 fully saturated rings. The molecule has 2 aliphatic rings. The molecule has 2 amide bonds. The van der Waals surface area contributed by atoms with E-state index in [9.17, 15) is 27.2 Å². The van der Waals surface area contributed by atoms with E-state index in [0.29, 0.717) is 59.6 Å². The van der Waals surface area contributed by atoms with Gasteiger partial charge in [0.25, 0.3) is 0 Å². The number of anilines is 4. The molecule has 66 heavy (non-hydrogen) atoms. The van der Waals surface area contributed by atoms with E-state index in [4.69, 9.17) is 32.7 Å². The SMILES string of the molecule is CC(C)(C)OC(=O)N1CCCC(c2ccc3ncnc(Nc4ccc(F)c(Cl)c4F)c3c2)C1.CC(C)(C)OC(=O)N1CCC[C@@H](c2ccc3ncnc(Nc4ccc(F)c(Cl)c4F)c3c2)C1. The molecule has 0 radical (unpaired) electrons. The summed E-state index contributed by atoms with van der Waals surface area (Å²) in [6, 6.07) is 16.3. The van der Waals surface area contributed by atoms with Crippen LogP contribution in [0, 0.1) is 23.3 Å². The molecule has 2 N–H and O–H groups in total. The van der Waals surface area contributed by atoms with E-state index >= 15 is 0 Å². The molecule has 2 aromatic heterocycles. The third-order valence-corrected chi connectivity index (χ3v) is 11.7. The quantitative estimate of drug-likeness (QED) is 0.123. The van der Waals surface area contributed by atoms with E-state index in [0.717, 1.165) is 48.9 Å². The highest BCUT2D eigenvalue weighted by molar-refractivity contribution is 6.31. The molecule has 4 aromatic carbocycles. The first kappa shape index (κ1) is 47.9. The molecule has 18 heteroatoms. The van der Waals surface area contributed by atoms with E-state index < -0.39 is 44.5 Å². The third-order valence-electron chi connectivity index (χ3n) is 11.0. The maximum atomic E-state index is 14.4. The first-order chi connectivity index (χ1) is 31.2. The Morgan fingerprint density at radius 3 is 1.38 bits per heavy atom. The smallest absolute Gasteiger partial charge is 0.410 e. The van der Waals surface area contributed by atoms with Gasteiger partial charge < -0.3 is 29.9 Å². The predicted molar refractivity (Wildman–Crippen MR) is 248 cm³/mol. The highest BCUT2D eigenvalue weighted by Gasteiger charge is 2.30. The second-order valence-electron chi connectivity index (χ2n) is 18.2. The fraction of sp³-hybridized carbons (Fsp3) is 0.375. The van der Waals surface area contributed by atoms with Crippen LogP contribution in [0.15, 0.2) is 73.3 Å². The molecular weight excluding hydrogens is 899 g/mol. The van der Waals surface area contributed by atoms with E-state index in [2.05, 4.69) is 30.6 Å². The lowest BCUT2D eigenvalue weighted by molar-refractivity contribution is 0.0188. The van der Waals surface area contributed by atoms with Gasteiger partial charge in [0, 0.05) is 48.8 Å². The molecule has 12 nitrogen and oxygen atoms in total. The van der Waals surface area contributed by atoms with Gasteiger partial charge in [0.15, 0.2) is 11.6 Å². The zero-order chi connectivity index (χ0) is 47.5. The number of amides is 2. The summed E-state index contributed by atoms with van der Waals surface area (Å²) >= 11 is 11.4. The van der Waals surface area contributed by atoms with Crippen LogP contribution in [0.2, 0.25) is 10.0 Å². The summed E-state index contributed by atoms with van der Waals surface area (Å²) in [5.41, 5.74) is 2.31. The van der Waals surface area contributed by atoms with Gasteiger partial charge in [-0.1, -0.05) is 35.3 Å².